The van der Waals surface area contributed by atoms with E-state index in [0.29, 0.717) is 0 Å². The maximum absolute atomic E-state index is 13.1. The molecule has 0 unspecified atom stereocenters. The zero-order valence-electron chi connectivity index (χ0n) is 9.04. The molecule has 0 aliphatic rings. The smallest absolute Gasteiger partial charge is 0.241 e. The topological polar surface area (TPSA) is 59.1 Å². The van der Waals surface area contributed by atoms with Crippen LogP contribution in [0.1, 0.15) is 12.8 Å². The minimum absolute atomic E-state index is 0.419. The Morgan fingerprint density at radius 3 is 2.56 bits per heavy atom. The number of alkyl halides is 3. The molecule has 0 atom stereocenters. The Bertz CT molecular complexity index is 502. The van der Waals surface area contributed by atoms with Gasteiger partial charge in [0.15, 0.2) is 5.82 Å². The Hall–Kier alpha value is -1.22. The SMILES string of the molecule is O=S(=O)(NCCCC(F)(F)F)c1ncccc1F. The van der Waals surface area contributed by atoms with Crippen molar-refractivity contribution in [3.63, 3.8) is 0 Å². The van der Waals surface area contributed by atoms with Crippen LogP contribution in [0.15, 0.2) is 23.4 Å². The zero-order chi connectivity index (χ0) is 13.8. The van der Waals surface area contributed by atoms with Crippen molar-refractivity contribution in [3.05, 3.63) is 24.1 Å². The Kier molecular flexibility index (Phi) is 4.63. The van der Waals surface area contributed by atoms with E-state index in [1.54, 1.807) is 0 Å². The van der Waals surface area contributed by atoms with Crippen LogP contribution in [0, 0.1) is 5.82 Å². The molecule has 1 rings (SSSR count). The summed E-state index contributed by atoms with van der Waals surface area (Å²) in [6.07, 6.45) is -4.80. The first-order valence-electron chi connectivity index (χ1n) is 4.89. The molecule has 0 bridgehead atoms. The van der Waals surface area contributed by atoms with E-state index < -0.39 is 46.4 Å². The van der Waals surface area contributed by atoms with E-state index in [4.69, 9.17) is 0 Å². The van der Waals surface area contributed by atoms with Crippen molar-refractivity contribution < 1.29 is 26.0 Å². The summed E-state index contributed by atoms with van der Waals surface area (Å²) in [5.41, 5.74) is 0. The first-order valence-corrected chi connectivity index (χ1v) is 6.37. The van der Waals surface area contributed by atoms with Gasteiger partial charge in [-0.25, -0.2) is 22.5 Å². The minimum atomic E-state index is -4.35. The number of nitrogens with zero attached hydrogens (tertiary/aromatic N) is 1. The Morgan fingerprint density at radius 1 is 1.33 bits per heavy atom. The standard InChI is InChI=1S/C9H10F4N2O2S/c10-7-3-1-5-14-8(7)18(16,17)15-6-2-4-9(11,12)13/h1,3,5,15H,2,4,6H2. The van der Waals surface area contributed by atoms with Crippen LogP contribution in [0.4, 0.5) is 17.6 Å². The lowest BCUT2D eigenvalue weighted by molar-refractivity contribution is -0.135. The van der Waals surface area contributed by atoms with Gasteiger partial charge in [-0.3, -0.25) is 0 Å². The first-order chi connectivity index (χ1) is 8.22. The summed E-state index contributed by atoms with van der Waals surface area (Å²) in [7, 11) is -4.21. The van der Waals surface area contributed by atoms with E-state index in [2.05, 4.69) is 4.98 Å². The minimum Gasteiger partial charge on any atom is -0.241 e. The van der Waals surface area contributed by atoms with Gasteiger partial charge in [-0.05, 0) is 18.6 Å². The van der Waals surface area contributed by atoms with Gasteiger partial charge in [-0.15, -0.1) is 0 Å². The van der Waals surface area contributed by atoms with E-state index >= 15 is 0 Å². The summed E-state index contributed by atoms with van der Waals surface area (Å²) in [6, 6.07) is 2.11. The molecule has 18 heavy (non-hydrogen) atoms. The van der Waals surface area contributed by atoms with Gasteiger partial charge < -0.3 is 0 Å². The van der Waals surface area contributed by atoms with Crippen molar-refractivity contribution in [2.24, 2.45) is 0 Å². The zero-order valence-corrected chi connectivity index (χ0v) is 9.85. The summed E-state index contributed by atoms with van der Waals surface area (Å²) >= 11 is 0. The molecule has 0 fully saturated rings. The fraction of sp³-hybridized carbons (Fsp3) is 0.444. The molecule has 0 aliphatic carbocycles. The predicted molar refractivity (Wildman–Crippen MR) is 54.7 cm³/mol. The lowest BCUT2D eigenvalue weighted by atomic mass is 10.3. The van der Waals surface area contributed by atoms with E-state index in [-0.39, 0.29) is 0 Å². The third-order valence-electron chi connectivity index (χ3n) is 1.91. The van der Waals surface area contributed by atoms with Gasteiger partial charge in [0.25, 0.3) is 10.0 Å². The number of rotatable bonds is 5. The average molecular weight is 286 g/mol. The van der Waals surface area contributed by atoms with Gasteiger partial charge in [0.1, 0.15) is 0 Å². The number of aromatic nitrogens is 1. The fourth-order valence-electron chi connectivity index (χ4n) is 1.13. The molecule has 0 spiro atoms. The lowest BCUT2D eigenvalue weighted by Gasteiger charge is -2.08. The molecule has 0 saturated carbocycles. The maximum Gasteiger partial charge on any atom is 0.389 e. The van der Waals surface area contributed by atoms with Crippen LogP contribution >= 0.6 is 0 Å². The summed E-state index contributed by atoms with van der Waals surface area (Å²) < 4.78 is 73.4. The normalized spacial score (nSPS) is 12.7. The highest BCUT2D eigenvalue weighted by Crippen LogP contribution is 2.20. The molecule has 4 nitrogen and oxygen atoms in total. The first kappa shape index (κ1) is 14.8. The Labute approximate surface area is 101 Å². The van der Waals surface area contributed by atoms with Crippen molar-refractivity contribution in [3.8, 4) is 0 Å². The van der Waals surface area contributed by atoms with E-state index in [1.165, 1.54) is 6.07 Å². The summed E-state index contributed by atoms with van der Waals surface area (Å²) in [5.74, 6) is -1.05. The van der Waals surface area contributed by atoms with Crippen LogP contribution in [-0.4, -0.2) is 26.1 Å². The number of nitrogens with one attached hydrogen (secondary N) is 1. The quantitative estimate of drug-likeness (QED) is 0.663. The molecular weight excluding hydrogens is 276 g/mol. The maximum atomic E-state index is 13.1. The van der Waals surface area contributed by atoms with Gasteiger partial charge in [0.2, 0.25) is 5.03 Å². The third kappa shape index (κ3) is 4.57. The van der Waals surface area contributed by atoms with Crippen molar-refractivity contribution in [2.45, 2.75) is 24.0 Å². The van der Waals surface area contributed by atoms with E-state index in [0.717, 1.165) is 12.3 Å². The number of sulfonamides is 1. The highest BCUT2D eigenvalue weighted by molar-refractivity contribution is 7.89. The van der Waals surface area contributed by atoms with Crippen molar-refractivity contribution >= 4 is 10.0 Å². The summed E-state index contributed by atoms with van der Waals surface area (Å²) in [6.45, 7) is -0.433. The fourth-order valence-corrected chi connectivity index (χ4v) is 2.21. The number of hydrogen-bond donors (Lipinski definition) is 1. The summed E-state index contributed by atoms with van der Waals surface area (Å²) in [4.78, 5) is 3.33. The van der Waals surface area contributed by atoms with Gasteiger partial charge >= 0.3 is 6.18 Å². The number of hydrogen-bond acceptors (Lipinski definition) is 3. The van der Waals surface area contributed by atoms with Crippen LogP contribution in [0.2, 0.25) is 0 Å². The molecule has 0 aliphatic heterocycles. The van der Waals surface area contributed by atoms with Crippen molar-refractivity contribution in [1.29, 1.82) is 0 Å². The molecule has 1 aromatic rings. The Balaban J connectivity index is 2.59. The van der Waals surface area contributed by atoms with Gasteiger partial charge in [0, 0.05) is 19.2 Å². The average Bonchev–Trinajstić information content (AvgIpc) is 2.24. The second-order valence-corrected chi connectivity index (χ2v) is 5.09. The van der Waals surface area contributed by atoms with Crippen LogP contribution in [0.25, 0.3) is 0 Å². The molecule has 1 aromatic heterocycles. The molecule has 1 heterocycles. The summed E-state index contributed by atoms with van der Waals surface area (Å²) in [5, 5.41) is -0.822. The molecule has 0 saturated heterocycles. The highest BCUT2D eigenvalue weighted by Gasteiger charge is 2.27. The van der Waals surface area contributed by atoms with E-state index in [1.807, 2.05) is 4.72 Å². The van der Waals surface area contributed by atoms with Crippen LogP contribution in [-0.2, 0) is 10.0 Å². The molecule has 0 amide bonds. The second kappa shape index (κ2) is 5.61. The molecule has 0 radical (unpaired) electrons. The van der Waals surface area contributed by atoms with Gasteiger partial charge in [-0.1, -0.05) is 0 Å². The molecule has 0 aromatic carbocycles. The van der Waals surface area contributed by atoms with Crippen LogP contribution in [0.5, 0.6) is 0 Å². The second-order valence-electron chi connectivity index (χ2n) is 3.41. The van der Waals surface area contributed by atoms with Gasteiger partial charge in [0.05, 0.1) is 0 Å². The van der Waals surface area contributed by atoms with Crippen molar-refractivity contribution in [2.75, 3.05) is 6.54 Å². The lowest BCUT2D eigenvalue weighted by Crippen LogP contribution is -2.27. The molecule has 102 valence electrons. The van der Waals surface area contributed by atoms with Crippen molar-refractivity contribution in [1.82, 2.24) is 9.71 Å². The molecule has 1 N–H and O–H groups in total. The number of pyridine rings is 1. The molecule has 9 heteroatoms. The largest absolute Gasteiger partial charge is 0.389 e. The third-order valence-corrected chi connectivity index (χ3v) is 3.30. The Morgan fingerprint density at radius 2 is 2.00 bits per heavy atom. The van der Waals surface area contributed by atoms with Gasteiger partial charge in [-0.2, -0.15) is 13.2 Å². The van der Waals surface area contributed by atoms with Crippen LogP contribution < -0.4 is 4.72 Å². The predicted octanol–water partition coefficient (Wildman–Crippen LogP) is 1.84. The monoisotopic (exact) mass is 286 g/mol. The van der Waals surface area contributed by atoms with Crippen LogP contribution in [0.3, 0.4) is 0 Å². The highest BCUT2D eigenvalue weighted by atomic mass is 32.2. The van der Waals surface area contributed by atoms with E-state index in [9.17, 15) is 26.0 Å². The number of halogens is 4. The molecular formula is C9H10F4N2O2S.